The minimum Gasteiger partial charge on any atom is -0.355 e. The Morgan fingerprint density at radius 2 is 2.11 bits per heavy atom. The normalized spacial score (nSPS) is 26.8. The highest BCUT2D eigenvalue weighted by Gasteiger charge is 2.28. The minimum absolute atomic E-state index is 0.0199. The van der Waals surface area contributed by atoms with Crippen molar-refractivity contribution in [2.24, 2.45) is 0 Å². The van der Waals surface area contributed by atoms with Crippen molar-refractivity contribution < 1.29 is 4.79 Å². The minimum atomic E-state index is -0.0199. The van der Waals surface area contributed by atoms with E-state index in [0.717, 1.165) is 37.3 Å². The van der Waals surface area contributed by atoms with Gasteiger partial charge in [-0.25, -0.2) is 0 Å². The van der Waals surface area contributed by atoms with E-state index in [1.165, 1.54) is 11.1 Å². The lowest BCUT2D eigenvalue weighted by molar-refractivity contribution is -0.124. The zero-order valence-electron chi connectivity index (χ0n) is 10.2. The number of piperidine rings is 1. The van der Waals surface area contributed by atoms with Gasteiger partial charge in [0.25, 0.3) is 0 Å². The van der Waals surface area contributed by atoms with Crippen LogP contribution >= 0.6 is 11.6 Å². The molecule has 3 nitrogen and oxygen atoms in total. The van der Waals surface area contributed by atoms with Gasteiger partial charge in [-0.1, -0.05) is 17.7 Å². The summed E-state index contributed by atoms with van der Waals surface area (Å²) in [7, 11) is 0. The summed E-state index contributed by atoms with van der Waals surface area (Å²) >= 11 is 6.00. The zero-order valence-corrected chi connectivity index (χ0v) is 11.0. The molecular formula is C14H17ClN2O. The van der Waals surface area contributed by atoms with Gasteiger partial charge in [-0.05, 0) is 48.9 Å². The van der Waals surface area contributed by atoms with E-state index in [2.05, 4.69) is 16.7 Å². The first-order valence-electron chi connectivity index (χ1n) is 6.53. The maximum absolute atomic E-state index is 11.7. The van der Waals surface area contributed by atoms with Gasteiger partial charge < -0.3 is 10.6 Å². The molecule has 1 saturated heterocycles. The molecule has 1 aliphatic carbocycles. The lowest BCUT2D eigenvalue weighted by Crippen LogP contribution is -2.51. The summed E-state index contributed by atoms with van der Waals surface area (Å²) in [5, 5.41) is 7.19. The molecule has 2 atom stereocenters. The smallest absolute Gasteiger partial charge is 0.237 e. The summed E-state index contributed by atoms with van der Waals surface area (Å²) in [6, 6.07) is 6.43. The first-order chi connectivity index (χ1) is 8.72. The second kappa shape index (κ2) is 4.90. The van der Waals surface area contributed by atoms with E-state index in [4.69, 9.17) is 11.6 Å². The predicted molar refractivity (Wildman–Crippen MR) is 71.8 cm³/mol. The number of amides is 1. The molecule has 96 valence electrons. The van der Waals surface area contributed by atoms with Crippen molar-refractivity contribution in [2.45, 2.75) is 37.8 Å². The number of nitrogens with one attached hydrogen (secondary N) is 2. The average molecular weight is 265 g/mol. The van der Waals surface area contributed by atoms with Crippen molar-refractivity contribution in [3.63, 3.8) is 0 Å². The molecule has 0 saturated carbocycles. The standard InChI is InChI=1S/C14H17ClN2O/c15-11-4-3-9-7-12(8-10(9)6-11)17-13-2-1-5-16-14(13)18/h3-4,6,12-13,17H,1-2,5,7-8H2,(H,16,18). The van der Waals surface area contributed by atoms with Crippen LogP contribution in [0.15, 0.2) is 18.2 Å². The second-order valence-electron chi connectivity index (χ2n) is 5.17. The molecule has 0 spiro atoms. The lowest BCUT2D eigenvalue weighted by Gasteiger charge is -2.25. The van der Waals surface area contributed by atoms with Crippen molar-refractivity contribution in [3.8, 4) is 0 Å². The SMILES string of the molecule is O=C1NCCCC1NC1Cc2ccc(Cl)cc2C1. The van der Waals surface area contributed by atoms with E-state index in [1.54, 1.807) is 0 Å². The Hall–Kier alpha value is -1.06. The molecule has 18 heavy (non-hydrogen) atoms. The largest absolute Gasteiger partial charge is 0.355 e. The van der Waals surface area contributed by atoms with Crippen LogP contribution in [-0.2, 0) is 17.6 Å². The third-order valence-corrected chi connectivity index (χ3v) is 4.06. The topological polar surface area (TPSA) is 41.1 Å². The Kier molecular flexibility index (Phi) is 3.27. The van der Waals surface area contributed by atoms with Gasteiger partial charge >= 0.3 is 0 Å². The molecule has 2 N–H and O–H groups in total. The van der Waals surface area contributed by atoms with Crippen LogP contribution in [-0.4, -0.2) is 24.5 Å². The lowest BCUT2D eigenvalue weighted by atomic mass is 10.0. The van der Waals surface area contributed by atoms with Crippen LogP contribution < -0.4 is 10.6 Å². The summed E-state index contributed by atoms with van der Waals surface area (Å²) in [6.07, 6.45) is 3.98. The quantitative estimate of drug-likeness (QED) is 0.853. The van der Waals surface area contributed by atoms with Gasteiger partial charge in [-0.3, -0.25) is 4.79 Å². The van der Waals surface area contributed by atoms with Crippen molar-refractivity contribution in [1.29, 1.82) is 0 Å². The van der Waals surface area contributed by atoms with Gasteiger partial charge in [-0.2, -0.15) is 0 Å². The summed E-state index contributed by atoms with van der Waals surface area (Å²) in [6.45, 7) is 0.817. The molecule has 2 unspecified atom stereocenters. The van der Waals surface area contributed by atoms with Crippen LogP contribution in [0, 0.1) is 0 Å². The van der Waals surface area contributed by atoms with Crippen LogP contribution in [0.1, 0.15) is 24.0 Å². The Morgan fingerprint density at radius 3 is 2.94 bits per heavy atom. The summed E-state index contributed by atoms with van der Waals surface area (Å²) in [5.41, 5.74) is 2.67. The molecule has 4 heteroatoms. The summed E-state index contributed by atoms with van der Waals surface area (Å²) in [5.74, 6) is 0.148. The number of carbonyl (C=O) groups is 1. The predicted octanol–water partition coefficient (Wildman–Crippen LogP) is 1.68. The zero-order chi connectivity index (χ0) is 12.5. The Balaban J connectivity index is 1.65. The molecule has 0 bridgehead atoms. The number of carbonyl (C=O) groups excluding carboxylic acids is 1. The maximum atomic E-state index is 11.7. The van der Waals surface area contributed by atoms with Gasteiger partial charge in [-0.15, -0.1) is 0 Å². The second-order valence-corrected chi connectivity index (χ2v) is 5.61. The number of rotatable bonds is 2. The number of hydrogen-bond donors (Lipinski definition) is 2. The molecule has 3 rings (SSSR count). The van der Waals surface area contributed by atoms with Crippen molar-refractivity contribution in [1.82, 2.24) is 10.6 Å². The Bertz CT molecular complexity index is 475. The molecule has 1 amide bonds. The molecule has 0 radical (unpaired) electrons. The van der Waals surface area contributed by atoms with Crippen LogP contribution in [0.5, 0.6) is 0 Å². The van der Waals surface area contributed by atoms with E-state index < -0.39 is 0 Å². The number of halogens is 1. The van der Waals surface area contributed by atoms with E-state index in [-0.39, 0.29) is 11.9 Å². The third kappa shape index (κ3) is 2.38. The molecule has 1 heterocycles. The fraction of sp³-hybridized carbons (Fsp3) is 0.500. The van der Waals surface area contributed by atoms with Crippen molar-refractivity contribution in [3.05, 3.63) is 34.3 Å². The molecule has 1 aromatic rings. The first-order valence-corrected chi connectivity index (χ1v) is 6.91. The molecule has 1 fully saturated rings. The Morgan fingerprint density at radius 1 is 1.28 bits per heavy atom. The highest BCUT2D eigenvalue weighted by Crippen LogP contribution is 2.25. The van der Waals surface area contributed by atoms with Crippen LogP contribution in [0.3, 0.4) is 0 Å². The number of fused-ring (bicyclic) bond motifs is 1. The molecule has 1 aromatic carbocycles. The fourth-order valence-electron chi connectivity index (χ4n) is 2.92. The highest BCUT2D eigenvalue weighted by molar-refractivity contribution is 6.30. The Labute approximate surface area is 112 Å². The van der Waals surface area contributed by atoms with Gasteiger partial charge in [0.2, 0.25) is 5.91 Å². The highest BCUT2D eigenvalue weighted by atomic mass is 35.5. The first kappa shape index (κ1) is 12.0. The molecular weight excluding hydrogens is 248 g/mol. The molecule has 1 aliphatic heterocycles. The fourth-order valence-corrected chi connectivity index (χ4v) is 3.11. The number of hydrogen-bond acceptors (Lipinski definition) is 2. The van der Waals surface area contributed by atoms with Gasteiger partial charge in [0.15, 0.2) is 0 Å². The van der Waals surface area contributed by atoms with Gasteiger partial charge in [0, 0.05) is 17.6 Å². The molecule has 0 aromatic heterocycles. The average Bonchev–Trinajstić information content (AvgIpc) is 2.73. The summed E-state index contributed by atoms with van der Waals surface area (Å²) in [4.78, 5) is 11.7. The van der Waals surface area contributed by atoms with Gasteiger partial charge in [0.05, 0.1) is 6.04 Å². The van der Waals surface area contributed by atoms with Crippen molar-refractivity contribution >= 4 is 17.5 Å². The number of benzene rings is 1. The maximum Gasteiger partial charge on any atom is 0.237 e. The molecule has 2 aliphatic rings. The van der Waals surface area contributed by atoms with E-state index in [9.17, 15) is 4.79 Å². The van der Waals surface area contributed by atoms with Crippen LogP contribution in [0.4, 0.5) is 0 Å². The van der Waals surface area contributed by atoms with Crippen LogP contribution in [0.25, 0.3) is 0 Å². The van der Waals surface area contributed by atoms with Gasteiger partial charge in [0.1, 0.15) is 0 Å². The van der Waals surface area contributed by atoms with Crippen molar-refractivity contribution in [2.75, 3.05) is 6.54 Å². The third-order valence-electron chi connectivity index (χ3n) is 3.82. The van der Waals surface area contributed by atoms with Crippen LogP contribution in [0.2, 0.25) is 5.02 Å². The van der Waals surface area contributed by atoms with E-state index in [0.29, 0.717) is 6.04 Å². The van der Waals surface area contributed by atoms with E-state index >= 15 is 0 Å². The summed E-state index contributed by atoms with van der Waals surface area (Å²) < 4.78 is 0. The van der Waals surface area contributed by atoms with E-state index in [1.807, 2.05) is 12.1 Å². The monoisotopic (exact) mass is 264 g/mol.